The van der Waals surface area contributed by atoms with Crippen molar-refractivity contribution in [2.24, 2.45) is 11.5 Å². The molecule has 2 aliphatic heterocycles. The Labute approximate surface area is 360 Å². The highest BCUT2D eigenvalue weighted by atomic mass is 35.5. The number of methoxy groups -OCH3 is 4. The van der Waals surface area contributed by atoms with Gasteiger partial charge in [0.05, 0.1) is 74.0 Å². The summed E-state index contributed by atoms with van der Waals surface area (Å²) in [5.74, 6) is -3.09. The first-order valence-electron chi connectivity index (χ1n) is 18.0. The predicted molar refractivity (Wildman–Crippen MR) is 229 cm³/mol. The lowest BCUT2D eigenvalue weighted by Crippen LogP contribution is -2.35. The van der Waals surface area contributed by atoms with Crippen molar-refractivity contribution in [1.82, 2.24) is 10.6 Å². The van der Waals surface area contributed by atoms with Gasteiger partial charge in [0.2, 0.25) is 0 Å². The summed E-state index contributed by atoms with van der Waals surface area (Å²) >= 11 is 10.3. The lowest BCUT2D eigenvalue weighted by Gasteiger charge is -2.31. The molecular formula is C40H52Cl2N4O11S2. The summed E-state index contributed by atoms with van der Waals surface area (Å²) in [4.78, 5) is 50.7. The fourth-order valence-electron chi connectivity index (χ4n) is 6.48. The predicted octanol–water partition coefficient (Wildman–Crippen LogP) is 3.17. The molecule has 0 amide bonds. The summed E-state index contributed by atoms with van der Waals surface area (Å²) in [6.45, 7) is 4.26. The molecule has 8 N–H and O–H groups in total. The molecule has 2 aliphatic rings. The van der Waals surface area contributed by atoms with Gasteiger partial charge in [-0.05, 0) is 72.5 Å². The maximum absolute atomic E-state index is 12.8. The Bertz CT molecular complexity index is 1820. The van der Waals surface area contributed by atoms with Gasteiger partial charge in [-0.15, -0.1) is 0 Å². The van der Waals surface area contributed by atoms with Crippen molar-refractivity contribution in [2.75, 3.05) is 64.5 Å². The Morgan fingerprint density at radius 2 is 0.915 bits per heavy atom. The number of benzene rings is 2. The van der Waals surface area contributed by atoms with Crippen LogP contribution < -0.4 is 22.1 Å². The number of hydrogen-bond acceptors (Lipinski definition) is 14. The molecule has 0 aromatic heterocycles. The summed E-state index contributed by atoms with van der Waals surface area (Å²) in [6.07, 6.45) is 1.20. The van der Waals surface area contributed by atoms with Crippen LogP contribution in [0.3, 0.4) is 0 Å². The Kier molecular flexibility index (Phi) is 21.6. The van der Waals surface area contributed by atoms with Gasteiger partial charge in [-0.25, -0.2) is 19.2 Å². The van der Waals surface area contributed by atoms with E-state index in [1.54, 1.807) is 62.4 Å². The first-order chi connectivity index (χ1) is 27.7. The van der Waals surface area contributed by atoms with Crippen molar-refractivity contribution in [1.29, 1.82) is 0 Å². The molecule has 0 saturated heterocycles. The molecule has 0 aliphatic carbocycles. The van der Waals surface area contributed by atoms with Gasteiger partial charge in [-0.1, -0.05) is 59.6 Å². The van der Waals surface area contributed by atoms with Gasteiger partial charge in [-0.2, -0.15) is 0 Å². The summed E-state index contributed by atoms with van der Waals surface area (Å²) in [7, 11) is 5.05. The lowest BCUT2D eigenvalue weighted by molar-refractivity contribution is -0.139. The van der Waals surface area contributed by atoms with Crippen molar-refractivity contribution < 1.29 is 52.7 Å². The Hall–Kier alpha value is -4.04. The van der Waals surface area contributed by atoms with Gasteiger partial charge in [0.25, 0.3) is 0 Å². The molecule has 4 rings (SSSR count). The second-order valence-electron chi connectivity index (χ2n) is 12.8. The van der Waals surface area contributed by atoms with Crippen molar-refractivity contribution in [3.8, 4) is 0 Å². The zero-order valence-electron chi connectivity index (χ0n) is 33.7. The van der Waals surface area contributed by atoms with E-state index >= 15 is 0 Å². The molecule has 4 unspecified atom stereocenters. The van der Waals surface area contributed by atoms with Crippen molar-refractivity contribution >= 4 is 69.4 Å². The van der Waals surface area contributed by atoms with E-state index in [0.29, 0.717) is 81.4 Å². The van der Waals surface area contributed by atoms with Crippen LogP contribution in [0.1, 0.15) is 49.7 Å². The summed E-state index contributed by atoms with van der Waals surface area (Å²) in [5, 5.41) is 6.90. The number of rotatable bonds is 16. The maximum Gasteiger partial charge on any atom is 0.336 e. The van der Waals surface area contributed by atoms with Crippen LogP contribution in [0.15, 0.2) is 93.6 Å². The van der Waals surface area contributed by atoms with E-state index in [4.69, 9.17) is 53.6 Å². The van der Waals surface area contributed by atoms with Crippen LogP contribution in [0.25, 0.3) is 0 Å². The number of halogens is 2. The highest BCUT2D eigenvalue weighted by Gasteiger charge is 2.42. The zero-order chi connectivity index (χ0) is 43.1. The fourth-order valence-corrected chi connectivity index (χ4v) is 9.33. The molecule has 59 heavy (non-hydrogen) atoms. The van der Waals surface area contributed by atoms with E-state index < -0.39 is 58.1 Å². The largest absolute Gasteiger partial charge is 0.616 e. The number of carbonyl (C=O) groups excluding carboxylic acids is 4. The van der Waals surface area contributed by atoms with E-state index in [9.17, 15) is 28.3 Å². The molecular weight excluding hydrogens is 847 g/mol. The Morgan fingerprint density at radius 1 is 0.610 bits per heavy atom. The zero-order valence-corrected chi connectivity index (χ0v) is 36.9. The fraction of sp³-hybridized carbons (Fsp3) is 0.400. The molecule has 0 bridgehead atoms. The van der Waals surface area contributed by atoms with Gasteiger partial charge in [0.15, 0.2) is 0 Å². The maximum atomic E-state index is 12.8. The second-order valence-corrected chi connectivity index (χ2v) is 16.8. The molecule has 2 aromatic carbocycles. The normalized spacial score (nSPS) is 17.4. The monoisotopic (exact) mass is 898 g/mol. The third kappa shape index (κ3) is 13.0. The molecule has 0 fully saturated rings. The van der Waals surface area contributed by atoms with E-state index in [1.807, 2.05) is 0 Å². The third-order valence-electron chi connectivity index (χ3n) is 9.11. The number of allylic oxidation sites excluding steroid dienone is 2. The minimum absolute atomic E-state index is 0. The smallest absolute Gasteiger partial charge is 0.336 e. The lowest BCUT2D eigenvalue weighted by atomic mass is 9.80. The van der Waals surface area contributed by atoms with Crippen LogP contribution in [-0.4, -0.2) is 103 Å². The standard InChI is InChI=1S/2C20H25ClN2O5S.H2O/c2*1-12-16(19(24)27-2)17(13-7-4-5-8-14(13)21)18(20(25)28-3)15(23-12)11-29(26)10-6-9-22;/h2*4-5,7-8,17,23H,6,9-11,22H2,1-3H3;1H2. The second kappa shape index (κ2) is 24.9. The molecule has 0 spiro atoms. The van der Waals surface area contributed by atoms with Gasteiger partial charge < -0.3 is 55.6 Å². The number of nitrogens with one attached hydrogen (secondary N) is 2. The average Bonchev–Trinajstić information content (AvgIpc) is 3.21. The summed E-state index contributed by atoms with van der Waals surface area (Å²) in [5.41, 5.74) is 14.9. The minimum Gasteiger partial charge on any atom is -0.616 e. The molecule has 15 nitrogen and oxygen atoms in total. The number of dihydropyridines is 2. The van der Waals surface area contributed by atoms with Crippen molar-refractivity contribution in [3.05, 3.63) is 115 Å². The van der Waals surface area contributed by atoms with Crippen LogP contribution in [0.4, 0.5) is 0 Å². The number of nitrogens with two attached hydrogens (primary N) is 2. The van der Waals surface area contributed by atoms with Gasteiger partial charge in [0.1, 0.15) is 23.0 Å². The molecule has 2 heterocycles. The molecule has 0 radical (unpaired) electrons. The van der Waals surface area contributed by atoms with E-state index in [2.05, 4.69) is 10.6 Å². The van der Waals surface area contributed by atoms with Crippen LogP contribution in [0, 0.1) is 0 Å². The van der Waals surface area contributed by atoms with E-state index in [1.165, 1.54) is 28.4 Å². The van der Waals surface area contributed by atoms with E-state index in [0.717, 1.165) is 0 Å². The highest BCUT2D eigenvalue weighted by molar-refractivity contribution is 7.91. The molecule has 324 valence electrons. The van der Waals surface area contributed by atoms with Gasteiger partial charge >= 0.3 is 23.9 Å². The quantitative estimate of drug-likeness (QED) is 0.107. The highest BCUT2D eigenvalue weighted by Crippen LogP contribution is 2.43. The Balaban J connectivity index is 0.000000400. The van der Waals surface area contributed by atoms with Crippen LogP contribution in [0.5, 0.6) is 0 Å². The molecule has 19 heteroatoms. The third-order valence-corrected chi connectivity index (χ3v) is 12.5. The van der Waals surface area contributed by atoms with Crippen LogP contribution in [-0.2, 0) is 60.5 Å². The number of hydrogen-bond donors (Lipinski definition) is 4. The van der Waals surface area contributed by atoms with Crippen LogP contribution >= 0.6 is 23.2 Å². The van der Waals surface area contributed by atoms with Gasteiger partial charge in [0, 0.05) is 34.3 Å². The number of esters is 4. The average molecular weight is 900 g/mol. The number of carbonyl (C=O) groups is 4. The SMILES string of the molecule is COC(=O)C1=C(C)NC(C[S+]([O-])CCCN)=C(C(=O)OC)C1c1ccccc1Cl.COC(=O)C1=C(C)NC(C[S+]([O-])CCCN)=C(C(=O)OC)C1c1ccccc1Cl.O. The topological polar surface area (TPSA) is 259 Å². The minimum atomic E-state index is -1.25. The molecule has 2 aromatic rings. The van der Waals surface area contributed by atoms with E-state index in [-0.39, 0.29) is 39.3 Å². The summed E-state index contributed by atoms with van der Waals surface area (Å²) in [6, 6.07) is 13.9. The number of ether oxygens (including phenoxy) is 4. The summed E-state index contributed by atoms with van der Waals surface area (Å²) < 4.78 is 44.9. The van der Waals surface area contributed by atoms with Crippen LogP contribution in [0.2, 0.25) is 10.0 Å². The molecule has 0 saturated carbocycles. The first-order valence-corrected chi connectivity index (χ1v) is 21.8. The van der Waals surface area contributed by atoms with Crippen molar-refractivity contribution in [3.63, 3.8) is 0 Å². The molecule has 4 atom stereocenters. The first kappa shape index (κ1) is 51.1. The van der Waals surface area contributed by atoms with Gasteiger partial charge in [-0.3, -0.25) is 0 Å². The van der Waals surface area contributed by atoms with Crippen molar-refractivity contribution in [2.45, 2.75) is 38.5 Å². The Morgan fingerprint density at radius 3 is 1.20 bits per heavy atom.